The molecule has 0 aliphatic carbocycles. The molecule has 1 aliphatic heterocycles. The standard InChI is InChI=1S/C12H14ClF2N3/c13-10-4-2-9(3-5-10)12(14,15)8-18-11-16-6-1-7-17-11/h2-5H,1,6-8H2,(H2,16,17,18). The smallest absolute Gasteiger partial charge is 0.290 e. The SMILES string of the molecule is FC(F)(CNC1=NCCCN1)c1ccc(Cl)cc1. The molecule has 0 saturated heterocycles. The van der Waals surface area contributed by atoms with E-state index < -0.39 is 12.5 Å². The van der Waals surface area contributed by atoms with Crippen LogP contribution in [0.3, 0.4) is 0 Å². The number of guanidine groups is 1. The van der Waals surface area contributed by atoms with Crippen molar-refractivity contribution in [2.75, 3.05) is 19.6 Å². The Bertz CT molecular complexity index is 431. The van der Waals surface area contributed by atoms with Crippen LogP contribution in [-0.4, -0.2) is 25.6 Å². The fourth-order valence-electron chi connectivity index (χ4n) is 1.64. The molecular weight excluding hydrogens is 260 g/mol. The van der Waals surface area contributed by atoms with Gasteiger partial charge in [-0.3, -0.25) is 4.99 Å². The molecule has 1 heterocycles. The molecule has 0 atom stereocenters. The maximum atomic E-state index is 13.9. The molecule has 98 valence electrons. The van der Waals surface area contributed by atoms with Gasteiger partial charge in [0.25, 0.3) is 5.92 Å². The molecule has 3 nitrogen and oxygen atoms in total. The number of rotatable bonds is 3. The second kappa shape index (κ2) is 5.52. The highest BCUT2D eigenvalue weighted by atomic mass is 35.5. The van der Waals surface area contributed by atoms with Crippen molar-refractivity contribution >= 4 is 17.6 Å². The molecule has 0 unspecified atom stereocenters. The van der Waals surface area contributed by atoms with Gasteiger partial charge in [0, 0.05) is 23.7 Å². The zero-order valence-electron chi connectivity index (χ0n) is 9.72. The zero-order chi connectivity index (χ0) is 13.0. The van der Waals surface area contributed by atoms with Gasteiger partial charge in [-0.05, 0) is 18.6 Å². The van der Waals surface area contributed by atoms with E-state index >= 15 is 0 Å². The lowest BCUT2D eigenvalue weighted by molar-refractivity contribution is 0.00105. The third-order valence-corrected chi connectivity index (χ3v) is 2.89. The Morgan fingerprint density at radius 2 is 2.06 bits per heavy atom. The number of hydrogen-bond acceptors (Lipinski definition) is 3. The predicted octanol–water partition coefficient (Wildman–Crippen LogP) is 2.37. The summed E-state index contributed by atoms with van der Waals surface area (Å²) in [5.41, 5.74) is -0.0594. The number of halogens is 3. The highest BCUT2D eigenvalue weighted by Gasteiger charge is 2.31. The zero-order valence-corrected chi connectivity index (χ0v) is 10.5. The molecule has 1 aromatic rings. The monoisotopic (exact) mass is 273 g/mol. The summed E-state index contributed by atoms with van der Waals surface area (Å²) in [6.07, 6.45) is 0.929. The van der Waals surface area contributed by atoms with E-state index in [0.717, 1.165) is 13.0 Å². The Balaban J connectivity index is 1.98. The van der Waals surface area contributed by atoms with Crippen LogP contribution in [0.4, 0.5) is 8.78 Å². The molecule has 6 heteroatoms. The normalized spacial score (nSPS) is 15.8. The van der Waals surface area contributed by atoms with Crippen LogP contribution in [0, 0.1) is 0 Å². The van der Waals surface area contributed by atoms with Crippen molar-refractivity contribution in [3.8, 4) is 0 Å². The first-order valence-corrected chi connectivity index (χ1v) is 6.12. The Morgan fingerprint density at radius 1 is 1.33 bits per heavy atom. The van der Waals surface area contributed by atoms with Crippen LogP contribution in [0.2, 0.25) is 5.02 Å². The van der Waals surface area contributed by atoms with Crippen molar-refractivity contribution in [3.63, 3.8) is 0 Å². The van der Waals surface area contributed by atoms with Gasteiger partial charge >= 0.3 is 0 Å². The summed E-state index contributed by atoms with van der Waals surface area (Å²) in [5, 5.41) is 6.01. The summed E-state index contributed by atoms with van der Waals surface area (Å²) in [6.45, 7) is 0.945. The van der Waals surface area contributed by atoms with E-state index in [2.05, 4.69) is 15.6 Å². The van der Waals surface area contributed by atoms with Crippen molar-refractivity contribution in [2.24, 2.45) is 4.99 Å². The number of hydrogen-bond donors (Lipinski definition) is 2. The van der Waals surface area contributed by atoms with Gasteiger partial charge in [-0.2, -0.15) is 8.78 Å². The van der Waals surface area contributed by atoms with Crippen LogP contribution in [0.1, 0.15) is 12.0 Å². The molecule has 0 aromatic heterocycles. The second-order valence-corrected chi connectivity index (χ2v) is 4.51. The summed E-state index contributed by atoms with van der Waals surface area (Å²) in [4.78, 5) is 4.08. The summed E-state index contributed by atoms with van der Waals surface area (Å²) >= 11 is 5.67. The average molecular weight is 274 g/mol. The molecule has 0 bridgehead atoms. The molecule has 0 spiro atoms. The van der Waals surface area contributed by atoms with Crippen LogP contribution in [0.5, 0.6) is 0 Å². The molecule has 2 N–H and O–H groups in total. The van der Waals surface area contributed by atoms with Gasteiger partial charge < -0.3 is 10.6 Å². The van der Waals surface area contributed by atoms with E-state index in [1.165, 1.54) is 24.3 Å². The van der Waals surface area contributed by atoms with Gasteiger partial charge in [-0.15, -0.1) is 0 Å². The van der Waals surface area contributed by atoms with Gasteiger partial charge in [0.1, 0.15) is 0 Å². The molecule has 18 heavy (non-hydrogen) atoms. The molecule has 1 aliphatic rings. The maximum absolute atomic E-state index is 13.9. The summed E-state index contributed by atoms with van der Waals surface area (Å²) in [7, 11) is 0. The maximum Gasteiger partial charge on any atom is 0.290 e. The van der Waals surface area contributed by atoms with Gasteiger partial charge in [-0.25, -0.2) is 0 Å². The fraction of sp³-hybridized carbons (Fsp3) is 0.417. The number of aliphatic imine (C=N–C) groups is 1. The minimum atomic E-state index is -2.95. The van der Waals surface area contributed by atoms with Gasteiger partial charge in [-0.1, -0.05) is 23.7 Å². The lowest BCUT2D eigenvalue weighted by Gasteiger charge is -2.21. The van der Waals surface area contributed by atoms with Crippen LogP contribution >= 0.6 is 11.6 Å². The number of alkyl halides is 2. The number of nitrogens with zero attached hydrogens (tertiary/aromatic N) is 1. The van der Waals surface area contributed by atoms with Crippen molar-refractivity contribution in [2.45, 2.75) is 12.3 Å². The van der Waals surface area contributed by atoms with Gasteiger partial charge in [0.05, 0.1) is 6.54 Å². The predicted molar refractivity (Wildman–Crippen MR) is 68.3 cm³/mol. The van der Waals surface area contributed by atoms with Crippen molar-refractivity contribution in [1.82, 2.24) is 10.6 Å². The summed E-state index contributed by atoms with van der Waals surface area (Å²) in [6, 6.07) is 5.59. The first-order chi connectivity index (χ1) is 8.58. The van der Waals surface area contributed by atoms with Crippen LogP contribution in [0.25, 0.3) is 0 Å². The van der Waals surface area contributed by atoms with E-state index in [0.29, 0.717) is 17.5 Å². The van der Waals surface area contributed by atoms with E-state index in [4.69, 9.17) is 11.6 Å². The summed E-state index contributed by atoms with van der Waals surface area (Å²) < 4.78 is 27.7. The van der Waals surface area contributed by atoms with Crippen molar-refractivity contribution in [3.05, 3.63) is 34.9 Å². The molecule has 0 amide bonds. The molecular formula is C12H14ClF2N3. The van der Waals surface area contributed by atoms with Gasteiger partial charge in [0.15, 0.2) is 5.96 Å². The van der Waals surface area contributed by atoms with E-state index in [9.17, 15) is 8.78 Å². The van der Waals surface area contributed by atoms with E-state index in [-0.39, 0.29) is 5.56 Å². The highest BCUT2D eigenvalue weighted by molar-refractivity contribution is 6.30. The van der Waals surface area contributed by atoms with E-state index in [1.54, 1.807) is 0 Å². The molecule has 0 radical (unpaired) electrons. The van der Waals surface area contributed by atoms with Crippen LogP contribution in [0.15, 0.2) is 29.3 Å². The lowest BCUT2D eigenvalue weighted by atomic mass is 10.1. The minimum Gasteiger partial charge on any atom is -0.356 e. The molecule has 0 saturated carbocycles. The minimum absolute atomic E-state index is 0.0594. The Morgan fingerprint density at radius 3 is 2.67 bits per heavy atom. The second-order valence-electron chi connectivity index (χ2n) is 4.08. The number of nitrogens with one attached hydrogen (secondary N) is 2. The third-order valence-electron chi connectivity index (χ3n) is 2.64. The van der Waals surface area contributed by atoms with Gasteiger partial charge in [0.2, 0.25) is 0 Å². The average Bonchev–Trinajstić information content (AvgIpc) is 2.38. The van der Waals surface area contributed by atoms with Crippen molar-refractivity contribution in [1.29, 1.82) is 0 Å². The third kappa shape index (κ3) is 3.32. The van der Waals surface area contributed by atoms with Crippen LogP contribution < -0.4 is 10.6 Å². The molecule has 0 fully saturated rings. The Kier molecular flexibility index (Phi) is 4.01. The first-order valence-electron chi connectivity index (χ1n) is 5.74. The lowest BCUT2D eigenvalue weighted by Crippen LogP contribution is -2.44. The highest BCUT2D eigenvalue weighted by Crippen LogP contribution is 2.27. The van der Waals surface area contributed by atoms with Crippen molar-refractivity contribution < 1.29 is 8.78 Å². The molecule has 1 aromatic carbocycles. The quantitative estimate of drug-likeness (QED) is 0.887. The topological polar surface area (TPSA) is 36.4 Å². The Hall–Kier alpha value is -1.36. The van der Waals surface area contributed by atoms with Crippen LogP contribution in [-0.2, 0) is 5.92 Å². The largest absolute Gasteiger partial charge is 0.356 e. The molecule has 2 rings (SSSR count). The Labute approximate surface area is 109 Å². The summed E-state index contributed by atoms with van der Waals surface area (Å²) in [5.74, 6) is -2.51. The number of benzene rings is 1. The fourth-order valence-corrected chi connectivity index (χ4v) is 1.77. The first kappa shape index (κ1) is 13.1. The van der Waals surface area contributed by atoms with E-state index in [1.807, 2.05) is 0 Å².